The van der Waals surface area contributed by atoms with Crippen LogP contribution >= 0.6 is 0 Å². The molecule has 6 nitrogen and oxygen atoms in total. The van der Waals surface area contributed by atoms with Gasteiger partial charge < -0.3 is 15.0 Å². The number of carbonyl (C=O) groups excluding carboxylic acids is 2. The molecule has 0 spiro atoms. The Hall–Kier alpha value is -2.86. The summed E-state index contributed by atoms with van der Waals surface area (Å²) < 4.78 is 6.05. The molecule has 1 N–H and O–H groups in total. The van der Waals surface area contributed by atoms with Gasteiger partial charge in [0.25, 0.3) is 5.91 Å². The molecule has 0 aliphatic carbocycles. The lowest BCUT2D eigenvalue weighted by atomic mass is 10.1. The topological polar surface area (TPSA) is 61.9 Å². The second-order valence-electron chi connectivity index (χ2n) is 6.99. The standard InChI is InChI=1S/C21H23N3O3/c1-15-13-23(14-19(27-15)16-6-3-2-4-7-16)20(25)17-8-5-9-18(12-17)24-11-10-22-21(24)26/h2-9,12,15,19H,10-11,13-14H2,1H3,(H,22,26)/t15-,19-/m0/s1. The first kappa shape index (κ1) is 17.5. The Balaban J connectivity index is 1.54. The van der Waals surface area contributed by atoms with E-state index >= 15 is 0 Å². The molecule has 6 heteroatoms. The molecule has 2 fully saturated rings. The lowest BCUT2D eigenvalue weighted by Crippen LogP contribution is -2.46. The van der Waals surface area contributed by atoms with Crippen molar-refractivity contribution in [3.63, 3.8) is 0 Å². The van der Waals surface area contributed by atoms with Gasteiger partial charge in [-0.3, -0.25) is 9.69 Å². The predicted octanol–water partition coefficient (Wildman–Crippen LogP) is 2.82. The average molecular weight is 365 g/mol. The molecule has 0 bridgehead atoms. The highest BCUT2D eigenvalue weighted by Gasteiger charge is 2.30. The molecule has 2 aromatic carbocycles. The van der Waals surface area contributed by atoms with E-state index in [1.54, 1.807) is 17.0 Å². The molecule has 0 unspecified atom stereocenters. The Bertz CT molecular complexity index is 840. The highest BCUT2D eigenvalue weighted by atomic mass is 16.5. The van der Waals surface area contributed by atoms with Gasteiger partial charge in [-0.15, -0.1) is 0 Å². The summed E-state index contributed by atoms with van der Waals surface area (Å²) in [5.74, 6) is -0.0347. The maximum Gasteiger partial charge on any atom is 0.321 e. The summed E-state index contributed by atoms with van der Waals surface area (Å²) in [6.07, 6.45) is -0.174. The first-order chi connectivity index (χ1) is 13.1. The number of nitrogens with zero attached hydrogens (tertiary/aromatic N) is 2. The molecule has 140 valence electrons. The fourth-order valence-corrected chi connectivity index (χ4v) is 3.68. The van der Waals surface area contributed by atoms with Gasteiger partial charge in [0.1, 0.15) is 6.10 Å². The van der Waals surface area contributed by atoms with Crippen molar-refractivity contribution < 1.29 is 14.3 Å². The number of hydrogen-bond donors (Lipinski definition) is 1. The highest BCUT2D eigenvalue weighted by molar-refractivity contribution is 5.98. The monoisotopic (exact) mass is 365 g/mol. The zero-order valence-corrected chi connectivity index (χ0v) is 15.3. The summed E-state index contributed by atoms with van der Waals surface area (Å²) in [6.45, 7) is 4.29. The zero-order valence-electron chi connectivity index (χ0n) is 15.3. The molecule has 2 heterocycles. The van der Waals surface area contributed by atoms with Crippen LogP contribution in [0.5, 0.6) is 0 Å². The van der Waals surface area contributed by atoms with Gasteiger partial charge in [0.2, 0.25) is 0 Å². The van der Waals surface area contributed by atoms with Crippen LogP contribution in [0.2, 0.25) is 0 Å². The van der Waals surface area contributed by atoms with Crippen LogP contribution in [-0.2, 0) is 4.74 Å². The predicted molar refractivity (Wildman–Crippen MR) is 103 cm³/mol. The van der Waals surface area contributed by atoms with E-state index in [1.807, 2.05) is 54.3 Å². The van der Waals surface area contributed by atoms with Crippen LogP contribution in [0.25, 0.3) is 0 Å². The molecule has 0 saturated carbocycles. The van der Waals surface area contributed by atoms with E-state index in [4.69, 9.17) is 4.74 Å². The number of urea groups is 1. The van der Waals surface area contributed by atoms with Crippen LogP contribution in [0.4, 0.5) is 10.5 Å². The summed E-state index contributed by atoms with van der Waals surface area (Å²) in [4.78, 5) is 28.5. The van der Waals surface area contributed by atoms with Gasteiger partial charge in [-0.2, -0.15) is 0 Å². The maximum absolute atomic E-state index is 13.1. The van der Waals surface area contributed by atoms with Gasteiger partial charge in [0.15, 0.2) is 0 Å². The second kappa shape index (κ2) is 7.40. The number of nitrogens with one attached hydrogen (secondary N) is 1. The van der Waals surface area contributed by atoms with Gasteiger partial charge in [-0.25, -0.2) is 4.79 Å². The Morgan fingerprint density at radius 3 is 2.67 bits per heavy atom. The van der Waals surface area contributed by atoms with Crippen molar-refractivity contribution in [2.75, 3.05) is 31.1 Å². The molecule has 4 rings (SSSR count). The van der Waals surface area contributed by atoms with Crippen molar-refractivity contribution in [1.29, 1.82) is 0 Å². The first-order valence-electron chi connectivity index (χ1n) is 9.27. The molecule has 2 aliphatic heterocycles. The molecule has 2 aliphatic rings. The van der Waals surface area contributed by atoms with E-state index in [-0.39, 0.29) is 24.1 Å². The van der Waals surface area contributed by atoms with Gasteiger partial charge in [0.05, 0.1) is 12.6 Å². The maximum atomic E-state index is 13.1. The van der Waals surface area contributed by atoms with Crippen LogP contribution in [-0.4, -0.2) is 49.1 Å². The van der Waals surface area contributed by atoms with Crippen molar-refractivity contribution >= 4 is 17.6 Å². The van der Waals surface area contributed by atoms with Crippen LogP contribution in [0.15, 0.2) is 54.6 Å². The molecule has 0 radical (unpaired) electrons. The molecular weight excluding hydrogens is 342 g/mol. The van der Waals surface area contributed by atoms with Crippen molar-refractivity contribution in [2.45, 2.75) is 19.1 Å². The van der Waals surface area contributed by atoms with E-state index in [0.717, 1.165) is 11.3 Å². The van der Waals surface area contributed by atoms with Gasteiger partial charge >= 0.3 is 6.03 Å². The van der Waals surface area contributed by atoms with Crippen LogP contribution in [0.3, 0.4) is 0 Å². The summed E-state index contributed by atoms with van der Waals surface area (Å²) in [7, 11) is 0. The van der Waals surface area contributed by atoms with Crippen molar-refractivity contribution in [3.05, 3.63) is 65.7 Å². The Morgan fingerprint density at radius 2 is 1.93 bits per heavy atom. The van der Waals surface area contributed by atoms with E-state index in [2.05, 4.69) is 5.32 Å². The Kier molecular flexibility index (Phi) is 4.81. The molecule has 2 aromatic rings. The fourth-order valence-electron chi connectivity index (χ4n) is 3.68. The van der Waals surface area contributed by atoms with Crippen molar-refractivity contribution in [1.82, 2.24) is 10.2 Å². The van der Waals surface area contributed by atoms with Gasteiger partial charge in [-0.05, 0) is 30.7 Å². The second-order valence-corrected chi connectivity index (χ2v) is 6.99. The largest absolute Gasteiger partial charge is 0.367 e. The quantitative estimate of drug-likeness (QED) is 0.910. The number of carbonyl (C=O) groups is 2. The third kappa shape index (κ3) is 3.66. The van der Waals surface area contributed by atoms with E-state index in [1.165, 1.54) is 0 Å². The number of morpholine rings is 1. The SMILES string of the molecule is C[C@H]1CN(C(=O)c2cccc(N3CCNC3=O)c2)C[C@@H](c2ccccc2)O1. The van der Waals surface area contributed by atoms with Gasteiger partial charge in [-0.1, -0.05) is 36.4 Å². The fraction of sp³-hybridized carbons (Fsp3) is 0.333. The normalized spacial score (nSPS) is 22.6. The van der Waals surface area contributed by atoms with Crippen molar-refractivity contribution in [3.8, 4) is 0 Å². The smallest absolute Gasteiger partial charge is 0.321 e. The number of rotatable bonds is 3. The summed E-state index contributed by atoms with van der Waals surface area (Å²) >= 11 is 0. The minimum absolute atomic E-state index is 0.0347. The summed E-state index contributed by atoms with van der Waals surface area (Å²) in [6, 6.07) is 17.1. The van der Waals surface area contributed by atoms with E-state index in [0.29, 0.717) is 31.7 Å². The van der Waals surface area contributed by atoms with E-state index < -0.39 is 0 Å². The van der Waals surface area contributed by atoms with E-state index in [9.17, 15) is 9.59 Å². The average Bonchev–Trinajstić information content (AvgIpc) is 3.13. The van der Waals surface area contributed by atoms with Gasteiger partial charge in [0, 0.05) is 30.9 Å². The summed E-state index contributed by atoms with van der Waals surface area (Å²) in [5, 5.41) is 2.79. The third-order valence-corrected chi connectivity index (χ3v) is 4.98. The zero-order chi connectivity index (χ0) is 18.8. The molecule has 3 amide bonds. The Morgan fingerprint density at radius 1 is 1.11 bits per heavy atom. The molecule has 27 heavy (non-hydrogen) atoms. The first-order valence-corrected chi connectivity index (χ1v) is 9.27. The number of hydrogen-bond acceptors (Lipinski definition) is 3. The molecular formula is C21H23N3O3. The highest BCUT2D eigenvalue weighted by Crippen LogP contribution is 2.27. The van der Waals surface area contributed by atoms with Crippen molar-refractivity contribution in [2.24, 2.45) is 0 Å². The minimum atomic E-state index is -0.133. The third-order valence-electron chi connectivity index (χ3n) is 4.98. The lowest BCUT2D eigenvalue weighted by Gasteiger charge is -2.37. The number of amides is 3. The number of anilines is 1. The number of ether oxygens (including phenoxy) is 1. The minimum Gasteiger partial charge on any atom is -0.367 e. The molecule has 2 atom stereocenters. The molecule has 0 aromatic heterocycles. The summed E-state index contributed by atoms with van der Waals surface area (Å²) in [5.41, 5.74) is 2.41. The number of benzene rings is 2. The lowest BCUT2D eigenvalue weighted by molar-refractivity contribution is -0.0691. The Labute approximate surface area is 158 Å². The molecule has 2 saturated heterocycles. The van der Waals surface area contributed by atoms with Crippen LogP contribution < -0.4 is 10.2 Å². The van der Waals surface area contributed by atoms with Crippen LogP contribution in [0.1, 0.15) is 28.9 Å². The van der Waals surface area contributed by atoms with Crippen LogP contribution in [0, 0.1) is 0 Å².